The van der Waals surface area contributed by atoms with E-state index in [4.69, 9.17) is 0 Å². The molecule has 12 heavy (non-hydrogen) atoms. The fourth-order valence-corrected chi connectivity index (χ4v) is 1.09. The van der Waals surface area contributed by atoms with Gasteiger partial charge >= 0.3 is 26.5 Å². The summed E-state index contributed by atoms with van der Waals surface area (Å²) in [6.07, 6.45) is 0. The van der Waals surface area contributed by atoms with Crippen molar-refractivity contribution >= 4 is 7.60 Å². The normalized spacial score (nSPS) is 12.1. The molecule has 0 aliphatic carbocycles. The first-order valence-electron chi connectivity index (χ1n) is 2.73. The molecule has 0 saturated heterocycles. The van der Waals surface area contributed by atoms with Crippen molar-refractivity contribution in [1.29, 1.82) is 0 Å². The van der Waals surface area contributed by atoms with Crippen LogP contribution in [0.25, 0.3) is 0 Å². The summed E-state index contributed by atoms with van der Waals surface area (Å²) >= 11 is 0. The van der Waals surface area contributed by atoms with Gasteiger partial charge in [-0.3, -0.25) is 4.57 Å². The molecule has 0 aromatic carbocycles. The molecular formula is C5H10LiO5P. The van der Waals surface area contributed by atoms with Gasteiger partial charge in [0.15, 0.2) is 0 Å². The van der Waals surface area contributed by atoms with Crippen molar-refractivity contribution in [2.45, 2.75) is 0 Å². The van der Waals surface area contributed by atoms with Crippen LogP contribution in [0.15, 0.2) is 11.8 Å². The Labute approximate surface area is 83.4 Å². The van der Waals surface area contributed by atoms with E-state index >= 15 is 0 Å². The van der Waals surface area contributed by atoms with Gasteiger partial charge in [-0.05, 0) is 7.11 Å². The van der Waals surface area contributed by atoms with Crippen molar-refractivity contribution in [1.82, 2.24) is 0 Å². The fourth-order valence-electron chi connectivity index (χ4n) is 0.362. The summed E-state index contributed by atoms with van der Waals surface area (Å²) in [6.45, 7) is 0. The Morgan fingerprint density at radius 3 is 2.00 bits per heavy atom. The molecule has 0 N–H and O–H groups in total. The summed E-state index contributed by atoms with van der Waals surface area (Å²) in [4.78, 5) is 0. The predicted octanol–water partition coefficient (Wildman–Crippen LogP) is -2.72. The van der Waals surface area contributed by atoms with Gasteiger partial charge in [0, 0.05) is 20.0 Å². The second kappa shape index (κ2) is 6.59. The molecule has 0 aliphatic rings. The van der Waals surface area contributed by atoms with Crippen molar-refractivity contribution in [3.05, 3.63) is 11.8 Å². The van der Waals surface area contributed by atoms with Crippen LogP contribution in [-0.4, -0.2) is 21.3 Å². The molecule has 0 aromatic rings. The molecule has 0 radical (unpaired) electrons. The summed E-state index contributed by atoms with van der Waals surface area (Å²) in [5, 5.41) is 10.5. The topological polar surface area (TPSA) is 67.8 Å². The zero-order chi connectivity index (χ0) is 8.91. The average molecular weight is 188 g/mol. The van der Waals surface area contributed by atoms with E-state index in [-0.39, 0.29) is 18.9 Å². The van der Waals surface area contributed by atoms with E-state index in [9.17, 15) is 9.67 Å². The van der Waals surface area contributed by atoms with E-state index in [1.165, 1.54) is 21.3 Å². The molecule has 0 aromatic heterocycles. The van der Waals surface area contributed by atoms with Crippen molar-refractivity contribution in [3.63, 3.8) is 0 Å². The first-order valence-corrected chi connectivity index (χ1v) is 4.34. The van der Waals surface area contributed by atoms with E-state index in [0.717, 1.165) is 5.82 Å². The molecule has 0 spiro atoms. The van der Waals surface area contributed by atoms with Crippen LogP contribution >= 0.6 is 7.60 Å². The van der Waals surface area contributed by atoms with Crippen LogP contribution < -0.4 is 24.0 Å². The largest absolute Gasteiger partial charge is 1.00 e. The molecule has 5 nitrogen and oxygen atoms in total. The number of rotatable bonds is 4. The number of methoxy groups -OCH3 is 1. The van der Waals surface area contributed by atoms with Crippen LogP contribution in [0.4, 0.5) is 0 Å². The molecule has 0 unspecified atom stereocenters. The van der Waals surface area contributed by atoms with E-state index in [0.29, 0.717) is 0 Å². The Morgan fingerprint density at radius 2 is 1.75 bits per heavy atom. The Morgan fingerprint density at radius 1 is 1.33 bits per heavy atom. The van der Waals surface area contributed by atoms with E-state index in [1.807, 2.05) is 0 Å². The Bertz CT molecular complexity index is 184. The SMILES string of the molecule is COC([O-])=CP(=O)(OC)OC.[Li+]. The Kier molecular flexibility index (Phi) is 8.02. The first kappa shape index (κ1) is 14.6. The third-order valence-corrected chi connectivity index (χ3v) is 2.52. The average Bonchev–Trinajstić information content (AvgIpc) is 2.04. The molecule has 7 heteroatoms. The summed E-state index contributed by atoms with van der Waals surface area (Å²) in [5.74, 6) is 0.0320. The van der Waals surface area contributed by atoms with Gasteiger partial charge in [-0.2, -0.15) is 0 Å². The van der Waals surface area contributed by atoms with E-state index in [1.54, 1.807) is 0 Å². The van der Waals surface area contributed by atoms with Gasteiger partial charge in [0.2, 0.25) is 0 Å². The van der Waals surface area contributed by atoms with Crippen LogP contribution in [-0.2, 0) is 18.3 Å². The molecule has 0 aliphatic heterocycles. The smallest absolute Gasteiger partial charge is 0.616 e. The first-order chi connectivity index (χ1) is 5.08. The standard InChI is InChI=1S/C5H11O5P.Li/c1-8-5(6)4-11(7,9-2)10-3;/h4,6H,1-3H3;/q;+1/p-1. The second-order valence-corrected chi connectivity index (χ2v) is 3.63. The third-order valence-electron chi connectivity index (χ3n) is 0.974. The molecule has 0 saturated carbocycles. The van der Waals surface area contributed by atoms with Gasteiger partial charge in [0.05, 0.1) is 5.95 Å². The minimum absolute atomic E-state index is 0. The van der Waals surface area contributed by atoms with Crippen LogP contribution in [0, 0.1) is 0 Å². The maximum absolute atomic E-state index is 11.1. The van der Waals surface area contributed by atoms with Gasteiger partial charge in [0.1, 0.15) is 0 Å². The summed E-state index contributed by atoms with van der Waals surface area (Å²) in [7, 11) is 0.190. The number of ether oxygens (including phenoxy) is 1. The van der Waals surface area contributed by atoms with E-state index < -0.39 is 13.5 Å². The molecule has 0 amide bonds. The van der Waals surface area contributed by atoms with Crippen LogP contribution in [0.3, 0.4) is 0 Å². The molecule has 0 bridgehead atoms. The molecular weight excluding hydrogens is 178 g/mol. The Hall–Kier alpha value is 0.0874. The van der Waals surface area contributed by atoms with Gasteiger partial charge < -0.3 is 18.9 Å². The minimum Gasteiger partial charge on any atom is -0.616 e. The maximum atomic E-state index is 11.1. The maximum Gasteiger partial charge on any atom is 1.00 e. The van der Waals surface area contributed by atoms with Crippen molar-refractivity contribution < 1.29 is 42.3 Å². The third kappa shape index (κ3) is 4.86. The predicted molar refractivity (Wildman–Crippen MR) is 36.7 cm³/mol. The molecule has 0 heterocycles. The quantitative estimate of drug-likeness (QED) is 0.272. The minimum atomic E-state index is -3.35. The van der Waals surface area contributed by atoms with Crippen LogP contribution in [0.1, 0.15) is 0 Å². The van der Waals surface area contributed by atoms with Gasteiger partial charge in [-0.25, -0.2) is 0 Å². The van der Waals surface area contributed by atoms with Gasteiger partial charge in [-0.1, -0.05) is 0 Å². The van der Waals surface area contributed by atoms with Crippen LogP contribution in [0.5, 0.6) is 0 Å². The Balaban J connectivity index is 0. The van der Waals surface area contributed by atoms with Crippen molar-refractivity contribution in [2.75, 3.05) is 21.3 Å². The van der Waals surface area contributed by atoms with E-state index in [2.05, 4.69) is 13.8 Å². The molecule has 0 rings (SSSR count). The molecule has 66 valence electrons. The number of hydrogen-bond acceptors (Lipinski definition) is 5. The monoisotopic (exact) mass is 188 g/mol. The molecule has 0 fully saturated rings. The number of hydrogen-bond donors (Lipinski definition) is 0. The fraction of sp³-hybridized carbons (Fsp3) is 0.600. The second-order valence-electron chi connectivity index (χ2n) is 1.56. The summed E-state index contributed by atoms with van der Waals surface area (Å²) in [6, 6.07) is 0. The molecule has 0 atom stereocenters. The van der Waals surface area contributed by atoms with Gasteiger partial charge in [-0.15, -0.1) is 0 Å². The van der Waals surface area contributed by atoms with Gasteiger partial charge in [0.25, 0.3) is 0 Å². The zero-order valence-electron chi connectivity index (χ0n) is 7.57. The van der Waals surface area contributed by atoms with Crippen molar-refractivity contribution in [3.8, 4) is 0 Å². The summed E-state index contributed by atoms with van der Waals surface area (Å²) < 4.78 is 24.2. The van der Waals surface area contributed by atoms with Crippen molar-refractivity contribution in [2.24, 2.45) is 0 Å². The zero-order valence-corrected chi connectivity index (χ0v) is 8.46. The summed E-state index contributed by atoms with van der Waals surface area (Å²) in [5.41, 5.74) is 0. The van der Waals surface area contributed by atoms with Crippen LogP contribution in [0.2, 0.25) is 0 Å².